The Morgan fingerprint density at radius 2 is 1.97 bits per heavy atom. The lowest BCUT2D eigenvalue weighted by Crippen LogP contribution is -2.41. The number of pyridine rings is 1. The van der Waals surface area contributed by atoms with Crippen LogP contribution in [0.5, 0.6) is 0 Å². The molecule has 2 atom stereocenters. The molecule has 5 N–H and O–H groups in total. The average Bonchev–Trinajstić information content (AvgIpc) is 3.21. The Hall–Kier alpha value is -3.74. The minimum Gasteiger partial charge on any atom is -0.378 e. The van der Waals surface area contributed by atoms with E-state index in [-0.39, 0.29) is 24.4 Å². The van der Waals surface area contributed by atoms with Crippen molar-refractivity contribution in [3.63, 3.8) is 0 Å². The smallest absolute Gasteiger partial charge is 0.378 e. The number of hydrogen-bond acceptors (Lipinski definition) is 7. The zero-order valence-electron chi connectivity index (χ0n) is 20.6. The number of nitrogens with two attached hydrogens (primary N) is 1. The first-order chi connectivity index (χ1) is 18.0. The number of aromatic nitrogens is 3. The molecule has 1 aliphatic carbocycles. The molecule has 0 radical (unpaired) electrons. The molecule has 12 heteroatoms. The van der Waals surface area contributed by atoms with Gasteiger partial charge in [-0.25, -0.2) is 9.97 Å². The predicted octanol–water partition coefficient (Wildman–Crippen LogP) is 1.30. The summed E-state index contributed by atoms with van der Waals surface area (Å²) in [5, 5.41) is 23.3. The van der Waals surface area contributed by atoms with Crippen LogP contribution in [0.25, 0.3) is 12.2 Å². The largest absolute Gasteiger partial charge is 0.407 e. The van der Waals surface area contributed by atoms with Gasteiger partial charge in [0, 0.05) is 31.9 Å². The fourth-order valence-electron chi connectivity index (χ4n) is 4.25. The van der Waals surface area contributed by atoms with Gasteiger partial charge in [-0.15, -0.1) is 0 Å². The summed E-state index contributed by atoms with van der Waals surface area (Å²) in [7, 11) is 1.85. The van der Waals surface area contributed by atoms with Gasteiger partial charge in [-0.05, 0) is 42.3 Å². The van der Waals surface area contributed by atoms with Crippen LogP contribution in [0.2, 0.25) is 0 Å². The van der Waals surface area contributed by atoms with E-state index in [2.05, 4.69) is 15.3 Å². The zero-order valence-corrected chi connectivity index (χ0v) is 20.6. The number of carbonyl (C=O) groups is 1. The number of aliphatic hydroxyl groups excluding tert-OH is 1. The van der Waals surface area contributed by atoms with Gasteiger partial charge < -0.3 is 25.8 Å². The van der Waals surface area contributed by atoms with Crippen LogP contribution in [0.1, 0.15) is 30.3 Å². The number of rotatable bonds is 9. The molecule has 202 valence electrons. The Labute approximate surface area is 216 Å². The van der Waals surface area contributed by atoms with Crippen LogP contribution in [-0.4, -0.2) is 49.7 Å². The van der Waals surface area contributed by atoms with Gasteiger partial charge in [-0.2, -0.15) is 13.2 Å². The summed E-state index contributed by atoms with van der Waals surface area (Å²) >= 11 is 0. The molecule has 0 spiro atoms. The highest BCUT2D eigenvalue weighted by molar-refractivity contribution is 5.98. The first kappa shape index (κ1) is 27.3. The molecular weight excluding hydrogens is 501 g/mol. The van der Waals surface area contributed by atoms with Crippen molar-refractivity contribution >= 4 is 29.6 Å². The highest BCUT2D eigenvalue weighted by Crippen LogP contribution is 2.30. The van der Waals surface area contributed by atoms with E-state index in [9.17, 15) is 28.2 Å². The molecule has 2 heterocycles. The van der Waals surface area contributed by atoms with Gasteiger partial charge in [0.25, 0.3) is 0 Å². The van der Waals surface area contributed by atoms with Gasteiger partial charge in [-0.1, -0.05) is 24.3 Å². The SMILES string of the molecule is Cn1c(CNc2ccc(C(N)C(F)(F)F)cc2)nc2c1=CCC(C(=O)N(CCC(O)O)c1ccccn1)C=2. The van der Waals surface area contributed by atoms with E-state index in [4.69, 9.17) is 5.73 Å². The van der Waals surface area contributed by atoms with Crippen LogP contribution in [0.3, 0.4) is 0 Å². The first-order valence-electron chi connectivity index (χ1n) is 12.0. The van der Waals surface area contributed by atoms with Crippen molar-refractivity contribution in [1.82, 2.24) is 14.5 Å². The topological polar surface area (TPSA) is 130 Å². The second kappa shape index (κ2) is 11.3. The zero-order chi connectivity index (χ0) is 27.4. The molecule has 0 saturated carbocycles. The van der Waals surface area contributed by atoms with Gasteiger partial charge in [0.15, 0.2) is 6.29 Å². The number of amides is 1. The van der Waals surface area contributed by atoms with Crippen molar-refractivity contribution in [3.05, 3.63) is 70.7 Å². The molecular formula is C26H29F3N6O3. The third-order valence-corrected chi connectivity index (χ3v) is 6.38. The number of benzene rings is 1. The Kier molecular flexibility index (Phi) is 8.14. The molecule has 2 aromatic heterocycles. The highest BCUT2D eigenvalue weighted by Gasteiger charge is 2.37. The number of alkyl halides is 3. The minimum absolute atomic E-state index is 0.0213. The van der Waals surface area contributed by atoms with Crippen LogP contribution in [0, 0.1) is 5.92 Å². The van der Waals surface area contributed by atoms with E-state index in [0.717, 1.165) is 5.35 Å². The summed E-state index contributed by atoms with van der Waals surface area (Å²) in [6.07, 6.45) is -0.362. The molecule has 38 heavy (non-hydrogen) atoms. The number of anilines is 2. The molecule has 0 aliphatic heterocycles. The fraction of sp³-hybridized carbons (Fsp3) is 0.346. The number of aliphatic hydroxyl groups is 2. The fourth-order valence-corrected chi connectivity index (χ4v) is 4.25. The second-order valence-electron chi connectivity index (χ2n) is 9.01. The van der Waals surface area contributed by atoms with Crippen molar-refractivity contribution in [1.29, 1.82) is 0 Å². The average molecular weight is 531 g/mol. The maximum Gasteiger partial charge on any atom is 0.407 e. The van der Waals surface area contributed by atoms with E-state index >= 15 is 0 Å². The van der Waals surface area contributed by atoms with Gasteiger partial charge in [-0.3, -0.25) is 9.69 Å². The summed E-state index contributed by atoms with van der Waals surface area (Å²) in [6.45, 7) is 0.400. The van der Waals surface area contributed by atoms with Crippen molar-refractivity contribution in [2.45, 2.75) is 37.9 Å². The van der Waals surface area contributed by atoms with Crippen LogP contribution in [0.15, 0.2) is 48.7 Å². The monoisotopic (exact) mass is 530 g/mol. The van der Waals surface area contributed by atoms with Crippen LogP contribution in [0.4, 0.5) is 24.7 Å². The lowest BCUT2D eigenvalue weighted by atomic mass is 9.99. The molecule has 1 aliphatic rings. The van der Waals surface area contributed by atoms with E-state index in [1.807, 2.05) is 17.7 Å². The van der Waals surface area contributed by atoms with E-state index in [0.29, 0.717) is 35.6 Å². The first-order valence-corrected chi connectivity index (χ1v) is 12.0. The number of nitrogens with one attached hydrogen (secondary N) is 1. The van der Waals surface area contributed by atoms with Crippen LogP contribution >= 0.6 is 0 Å². The van der Waals surface area contributed by atoms with E-state index < -0.39 is 24.4 Å². The normalized spacial score (nSPS) is 15.8. The molecule has 9 nitrogen and oxygen atoms in total. The molecule has 1 amide bonds. The summed E-state index contributed by atoms with van der Waals surface area (Å²) in [6, 6.07) is 8.88. The Bertz CT molecular complexity index is 1370. The van der Waals surface area contributed by atoms with Gasteiger partial charge >= 0.3 is 6.18 Å². The Morgan fingerprint density at radius 3 is 2.61 bits per heavy atom. The number of imidazole rings is 1. The third kappa shape index (κ3) is 6.21. The highest BCUT2D eigenvalue weighted by atomic mass is 19.4. The summed E-state index contributed by atoms with van der Waals surface area (Å²) in [5.74, 6) is 0.359. The van der Waals surface area contributed by atoms with Crippen molar-refractivity contribution in [2.24, 2.45) is 18.7 Å². The van der Waals surface area contributed by atoms with E-state index in [1.165, 1.54) is 29.2 Å². The lowest BCUT2D eigenvalue weighted by molar-refractivity contribution is -0.149. The summed E-state index contributed by atoms with van der Waals surface area (Å²) in [5.41, 5.74) is 5.85. The van der Waals surface area contributed by atoms with E-state index in [1.54, 1.807) is 30.5 Å². The number of fused-ring (bicyclic) bond motifs is 1. The maximum absolute atomic E-state index is 13.4. The van der Waals surface area contributed by atoms with Gasteiger partial charge in [0.05, 0.1) is 23.2 Å². The van der Waals surface area contributed by atoms with Crippen molar-refractivity contribution in [3.8, 4) is 0 Å². The molecule has 1 aromatic carbocycles. The number of halogens is 3. The van der Waals surface area contributed by atoms with Crippen LogP contribution < -0.4 is 26.6 Å². The molecule has 0 bridgehead atoms. The van der Waals surface area contributed by atoms with Crippen molar-refractivity contribution < 1.29 is 28.2 Å². The third-order valence-electron chi connectivity index (χ3n) is 6.38. The van der Waals surface area contributed by atoms with Gasteiger partial charge in [0.1, 0.15) is 17.7 Å². The summed E-state index contributed by atoms with van der Waals surface area (Å²) < 4.78 is 40.4. The predicted molar refractivity (Wildman–Crippen MR) is 136 cm³/mol. The molecule has 0 saturated heterocycles. The standard InChI is InChI=1S/C26H29F3N6O3/c1-34-20-10-7-17(25(38)35(13-11-23(36)37)21-4-2-3-12-31-21)14-19(20)33-22(34)15-32-18-8-5-16(6-9-18)24(30)26(27,28)29/h2-6,8-10,12,14,17,23-24,32,36-37H,7,11,13,15,30H2,1H3. The molecule has 3 aromatic rings. The van der Waals surface area contributed by atoms with Crippen LogP contribution in [-0.2, 0) is 18.4 Å². The van der Waals surface area contributed by atoms with Crippen molar-refractivity contribution in [2.75, 3.05) is 16.8 Å². The second-order valence-corrected chi connectivity index (χ2v) is 9.01. The Balaban J connectivity index is 1.49. The number of carbonyl (C=O) groups excluding carboxylic acids is 1. The molecule has 2 unspecified atom stereocenters. The van der Waals surface area contributed by atoms with Gasteiger partial charge in [0.2, 0.25) is 5.91 Å². The minimum atomic E-state index is -4.51. The number of nitrogens with zero attached hydrogens (tertiary/aromatic N) is 4. The Morgan fingerprint density at radius 1 is 1.24 bits per heavy atom. The quantitative estimate of drug-likeness (QED) is 0.307. The lowest BCUT2D eigenvalue weighted by Gasteiger charge is -2.25. The molecule has 0 fully saturated rings. The number of hydrogen-bond donors (Lipinski definition) is 4. The maximum atomic E-state index is 13.4. The summed E-state index contributed by atoms with van der Waals surface area (Å²) in [4.78, 5) is 23.8. The molecule has 4 rings (SSSR count).